The molecule has 1 heterocycles. The molecule has 4 nitrogen and oxygen atoms in total. The summed E-state index contributed by atoms with van der Waals surface area (Å²) in [6.45, 7) is 2.74. The number of rotatable bonds is 2. The minimum Gasteiger partial charge on any atom is -0.507 e. The van der Waals surface area contributed by atoms with Gasteiger partial charge in [-0.1, -0.05) is 0 Å². The highest BCUT2D eigenvalue weighted by atomic mass is 16.3. The Morgan fingerprint density at radius 1 is 1.19 bits per heavy atom. The van der Waals surface area contributed by atoms with Crippen molar-refractivity contribution in [3.8, 4) is 5.75 Å². The zero-order valence-corrected chi connectivity index (χ0v) is 8.90. The Hall–Kier alpha value is -2.10. The molecule has 0 atom stereocenters. The fourth-order valence-corrected chi connectivity index (χ4v) is 1.64. The van der Waals surface area contributed by atoms with Gasteiger partial charge in [0.25, 0.3) is 0 Å². The van der Waals surface area contributed by atoms with Crippen molar-refractivity contribution < 1.29 is 19.1 Å². The highest BCUT2D eigenvalue weighted by molar-refractivity contribution is 6.10. The van der Waals surface area contributed by atoms with Gasteiger partial charge in [0.1, 0.15) is 11.3 Å². The summed E-state index contributed by atoms with van der Waals surface area (Å²) in [5.74, 6) is -0.400. The fraction of sp³-hybridized carbons (Fsp3) is 0.167. The molecule has 0 saturated heterocycles. The summed E-state index contributed by atoms with van der Waals surface area (Å²) in [7, 11) is 0. The summed E-state index contributed by atoms with van der Waals surface area (Å²) in [6.07, 6.45) is 0. The van der Waals surface area contributed by atoms with E-state index in [2.05, 4.69) is 0 Å². The van der Waals surface area contributed by atoms with E-state index in [1.54, 1.807) is 0 Å². The zero-order valence-electron chi connectivity index (χ0n) is 8.90. The third-order valence-corrected chi connectivity index (χ3v) is 2.38. The number of carbonyl (C=O) groups excluding carboxylic acids is 2. The number of ketones is 2. The summed E-state index contributed by atoms with van der Waals surface area (Å²) in [6, 6.07) is 4.39. The summed E-state index contributed by atoms with van der Waals surface area (Å²) in [5.41, 5.74) is 0.613. The first-order valence-corrected chi connectivity index (χ1v) is 4.78. The van der Waals surface area contributed by atoms with E-state index in [9.17, 15) is 14.7 Å². The Balaban J connectivity index is 2.82. The van der Waals surface area contributed by atoms with Gasteiger partial charge in [-0.2, -0.15) is 0 Å². The number of aromatic hydroxyl groups is 1. The number of phenols is 1. The summed E-state index contributed by atoms with van der Waals surface area (Å²) in [5, 5.41) is 10.0. The maximum Gasteiger partial charge on any atom is 0.194 e. The van der Waals surface area contributed by atoms with Gasteiger partial charge in [0.2, 0.25) is 0 Å². The second kappa shape index (κ2) is 3.48. The highest BCUT2D eigenvalue weighted by Crippen LogP contribution is 2.30. The fourth-order valence-electron chi connectivity index (χ4n) is 1.64. The Morgan fingerprint density at radius 3 is 2.44 bits per heavy atom. The Labute approximate surface area is 91.5 Å². The average molecular weight is 218 g/mol. The molecular weight excluding hydrogens is 208 g/mol. The number of benzene rings is 1. The normalized spacial score (nSPS) is 10.6. The Bertz CT molecular complexity index is 592. The SMILES string of the molecule is CC(=O)c1cc2c(C(C)=O)c(O)ccc2o1. The third-order valence-electron chi connectivity index (χ3n) is 2.38. The van der Waals surface area contributed by atoms with E-state index in [1.165, 1.54) is 32.0 Å². The molecule has 0 radical (unpaired) electrons. The van der Waals surface area contributed by atoms with Gasteiger partial charge in [-0.3, -0.25) is 9.59 Å². The molecule has 2 aromatic rings. The molecular formula is C12H10O4. The van der Waals surface area contributed by atoms with Crippen molar-refractivity contribution in [2.45, 2.75) is 13.8 Å². The molecule has 0 amide bonds. The van der Waals surface area contributed by atoms with Crippen LogP contribution in [0.2, 0.25) is 0 Å². The van der Waals surface area contributed by atoms with E-state index in [4.69, 9.17) is 4.42 Å². The molecule has 0 aliphatic carbocycles. The predicted molar refractivity (Wildman–Crippen MR) is 57.9 cm³/mol. The number of carbonyl (C=O) groups is 2. The first-order chi connectivity index (χ1) is 7.50. The van der Waals surface area contributed by atoms with Crippen LogP contribution in [0.15, 0.2) is 22.6 Å². The molecule has 0 aliphatic heterocycles. The smallest absolute Gasteiger partial charge is 0.194 e. The quantitative estimate of drug-likeness (QED) is 0.786. The van der Waals surface area contributed by atoms with Gasteiger partial charge in [-0.15, -0.1) is 0 Å². The monoisotopic (exact) mass is 218 g/mol. The minimum atomic E-state index is -0.265. The Morgan fingerprint density at radius 2 is 1.88 bits per heavy atom. The van der Waals surface area contributed by atoms with Crippen LogP contribution in [-0.4, -0.2) is 16.7 Å². The van der Waals surface area contributed by atoms with E-state index in [1.807, 2.05) is 0 Å². The topological polar surface area (TPSA) is 67.5 Å². The molecule has 16 heavy (non-hydrogen) atoms. The summed E-state index contributed by atoms with van der Waals surface area (Å²) in [4.78, 5) is 22.5. The molecule has 0 aliphatic rings. The highest BCUT2D eigenvalue weighted by Gasteiger charge is 2.16. The number of Topliss-reactive ketones (excluding diaryl/α,β-unsaturated/α-hetero) is 2. The molecule has 0 saturated carbocycles. The van der Waals surface area contributed by atoms with Crippen molar-refractivity contribution in [2.75, 3.05) is 0 Å². The maximum absolute atomic E-state index is 11.4. The van der Waals surface area contributed by atoms with Crippen LogP contribution in [0, 0.1) is 0 Å². The van der Waals surface area contributed by atoms with Crippen LogP contribution in [0.1, 0.15) is 34.8 Å². The number of phenolic OH excluding ortho intramolecular Hbond substituents is 1. The van der Waals surface area contributed by atoms with Crippen LogP contribution in [0.4, 0.5) is 0 Å². The lowest BCUT2D eigenvalue weighted by atomic mass is 10.1. The van der Waals surface area contributed by atoms with E-state index in [0.29, 0.717) is 11.0 Å². The second-order valence-corrected chi connectivity index (χ2v) is 3.59. The number of hydrogen-bond donors (Lipinski definition) is 1. The third kappa shape index (κ3) is 1.48. The molecule has 82 valence electrons. The van der Waals surface area contributed by atoms with Crippen molar-refractivity contribution in [1.82, 2.24) is 0 Å². The predicted octanol–water partition coefficient (Wildman–Crippen LogP) is 2.54. The van der Waals surface area contributed by atoms with Gasteiger partial charge in [0.15, 0.2) is 17.3 Å². The van der Waals surface area contributed by atoms with Crippen molar-refractivity contribution in [2.24, 2.45) is 0 Å². The van der Waals surface area contributed by atoms with E-state index in [0.717, 1.165) is 0 Å². The number of hydrogen-bond acceptors (Lipinski definition) is 4. The molecule has 2 rings (SSSR count). The lowest BCUT2D eigenvalue weighted by Gasteiger charge is -2.00. The lowest BCUT2D eigenvalue weighted by molar-refractivity contribution is 0.0986. The van der Waals surface area contributed by atoms with Crippen LogP contribution in [0.3, 0.4) is 0 Å². The number of fused-ring (bicyclic) bond motifs is 1. The molecule has 1 aromatic carbocycles. The van der Waals surface area contributed by atoms with Crippen LogP contribution >= 0.6 is 0 Å². The van der Waals surface area contributed by atoms with Gasteiger partial charge < -0.3 is 9.52 Å². The van der Waals surface area contributed by atoms with Crippen molar-refractivity contribution in [3.63, 3.8) is 0 Å². The van der Waals surface area contributed by atoms with Crippen LogP contribution in [0.5, 0.6) is 5.75 Å². The van der Waals surface area contributed by atoms with Crippen LogP contribution < -0.4 is 0 Å². The standard InChI is InChI=1S/C12H10O4/c1-6(13)11-5-8-10(16-11)4-3-9(15)12(8)7(2)14/h3-5,15H,1-2H3. The molecule has 0 fully saturated rings. The van der Waals surface area contributed by atoms with Gasteiger partial charge in [-0.05, 0) is 25.1 Å². The van der Waals surface area contributed by atoms with E-state index < -0.39 is 0 Å². The lowest BCUT2D eigenvalue weighted by Crippen LogP contribution is -1.93. The largest absolute Gasteiger partial charge is 0.507 e. The van der Waals surface area contributed by atoms with Crippen LogP contribution in [0.25, 0.3) is 11.0 Å². The number of furan rings is 1. The van der Waals surface area contributed by atoms with E-state index >= 15 is 0 Å². The molecule has 1 aromatic heterocycles. The summed E-state index contributed by atoms with van der Waals surface area (Å²) < 4.78 is 5.26. The van der Waals surface area contributed by atoms with Crippen molar-refractivity contribution in [1.29, 1.82) is 0 Å². The van der Waals surface area contributed by atoms with E-state index in [-0.39, 0.29) is 28.6 Å². The Kier molecular flexibility index (Phi) is 2.27. The average Bonchev–Trinajstić information content (AvgIpc) is 2.60. The summed E-state index contributed by atoms with van der Waals surface area (Å²) >= 11 is 0. The molecule has 0 bridgehead atoms. The first-order valence-electron chi connectivity index (χ1n) is 4.78. The molecule has 0 unspecified atom stereocenters. The first kappa shape index (κ1) is 10.4. The van der Waals surface area contributed by atoms with Gasteiger partial charge in [-0.25, -0.2) is 0 Å². The second-order valence-electron chi connectivity index (χ2n) is 3.59. The minimum absolute atomic E-state index is 0.101. The van der Waals surface area contributed by atoms with Gasteiger partial charge in [0, 0.05) is 12.3 Å². The van der Waals surface area contributed by atoms with Crippen molar-refractivity contribution in [3.05, 3.63) is 29.5 Å². The van der Waals surface area contributed by atoms with Gasteiger partial charge in [0.05, 0.1) is 5.56 Å². The van der Waals surface area contributed by atoms with Crippen LogP contribution in [-0.2, 0) is 0 Å². The zero-order chi connectivity index (χ0) is 11.9. The molecule has 4 heteroatoms. The maximum atomic E-state index is 11.4. The molecule has 1 N–H and O–H groups in total. The molecule has 0 spiro atoms. The van der Waals surface area contributed by atoms with Crippen molar-refractivity contribution >= 4 is 22.5 Å². The van der Waals surface area contributed by atoms with Gasteiger partial charge >= 0.3 is 0 Å².